The van der Waals surface area contributed by atoms with Gasteiger partial charge in [0.25, 0.3) is 0 Å². The van der Waals surface area contributed by atoms with Gasteiger partial charge in [-0.25, -0.2) is 4.98 Å². The second-order valence-corrected chi connectivity index (χ2v) is 6.85. The lowest BCUT2D eigenvalue weighted by Crippen LogP contribution is -2.47. The minimum absolute atomic E-state index is 0.0282. The first-order chi connectivity index (χ1) is 11.7. The maximum absolute atomic E-state index is 12.3. The van der Waals surface area contributed by atoms with E-state index in [0.717, 1.165) is 17.8 Å². The molecule has 0 aromatic carbocycles. The Morgan fingerprint density at radius 1 is 1.54 bits per heavy atom. The number of rotatable bonds is 5. The summed E-state index contributed by atoms with van der Waals surface area (Å²) in [6.45, 7) is 1.40. The fraction of sp³-hybridized carbons (Fsp3) is 0.353. The van der Waals surface area contributed by atoms with E-state index in [2.05, 4.69) is 16.4 Å². The van der Waals surface area contributed by atoms with E-state index in [4.69, 9.17) is 5.73 Å². The zero-order valence-corrected chi connectivity index (χ0v) is 14.0. The zero-order chi connectivity index (χ0) is 16.9. The van der Waals surface area contributed by atoms with E-state index < -0.39 is 6.04 Å². The van der Waals surface area contributed by atoms with Crippen LogP contribution in [-0.4, -0.2) is 36.1 Å². The molecule has 2 aromatic rings. The molecule has 0 unspecified atom stereocenters. The Hall–Kier alpha value is -2.43. The number of carbonyl (C=O) groups is 1. The van der Waals surface area contributed by atoms with Crippen LogP contribution in [0.4, 0.5) is 5.82 Å². The van der Waals surface area contributed by atoms with Gasteiger partial charge < -0.3 is 16.0 Å². The van der Waals surface area contributed by atoms with Gasteiger partial charge in [0.05, 0.1) is 11.6 Å². The number of nitrogens with one attached hydrogen (secondary N) is 1. The van der Waals surface area contributed by atoms with Gasteiger partial charge in [0.15, 0.2) is 0 Å². The second kappa shape index (κ2) is 7.43. The van der Waals surface area contributed by atoms with Gasteiger partial charge in [-0.3, -0.25) is 4.79 Å². The molecule has 1 aliphatic rings. The number of nitriles is 1. The number of nitrogens with zero attached hydrogens (tertiary/aromatic N) is 3. The van der Waals surface area contributed by atoms with Crippen LogP contribution in [0.5, 0.6) is 0 Å². The highest BCUT2D eigenvalue weighted by atomic mass is 32.1. The number of hydrogen-bond donors (Lipinski definition) is 2. The van der Waals surface area contributed by atoms with Crippen molar-refractivity contribution in [1.82, 2.24) is 10.3 Å². The van der Waals surface area contributed by atoms with Crippen molar-refractivity contribution in [2.45, 2.75) is 24.9 Å². The van der Waals surface area contributed by atoms with E-state index in [-0.39, 0.29) is 11.9 Å². The Balaban J connectivity index is 1.56. The minimum atomic E-state index is -0.540. The van der Waals surface area contributed by atoms with Gasteiger partial charge in [-0.15, -0.1) is 11.3 Å². The van der Waals surface area contributed by atoms with E-state index in [0.29, 0.717) is 24.3 Å². The van der Waals surface area contributed by atoms with E-state index in [9.17, 15) is 10.1 Å². The molecule has 0 aliphatic carbocycles. The van der Waals surface area contributed by atoms with Crippen LogP contribution in [0.1, 0.15) is 16.9 Å². The van der Waals surface area contributed by atoms with Crippen molar-refractivity contribution < 1.29 is 4.79 Å². The third kappa shape index (κ3) is 3.72. The number of carbonyl (C=O) groups excluding carboxylic acids is 1. The van der Waals surface area contributed by atoms with Crippen molar-refractivity contribution in [1.29, 1.82) is 5.26 Å². The van der Waals surface area contributed by atoms with Crippen LogP contribution >= 0.6 is 11.3 Å². The molecular formula is C17H19N5OS. The minimum Gasteiger partial charge on any atom is -0.353 e. The number of aromatic nitrogens is 1. The largest absolute Gasteiger partial charge is 0.353 e. The molecule has 3 N–H and O–H groups in total. The number of nitrogens with two attached hydrogens (primary N) is 1. The smallest absolute Gasteiger partial charge is 0.237 e. The summed E-state index contributed by atoms with van der Waals surface area (Å²) in [5.41, 5.74) is 6.56. The van der Waals surface area contributed by atoms with Crippen molar-refractivity contribution in [2.75, 3.05) is 18.0 Å². The summed E-state index contributed by atoms with van der Waals surface area (Å²) >= 11 is 1.61. The number of anilines is 1. The molecule has 124 valence electrons. The van der Waals surface area contributed by atoms with Crippen LogP contribution in [0.15, 0.2) is 35.8 Å². The summed E-state index contributed by atoms with van der Waals surface area (Å²) in [5, 5.41) is 14.2. The van der Waals surface area contributed by atoms with Gasteiger partial charge in [0, 0.05) is 36.6 Å². The summed E-state index contributed by atoms with van der Waals surface area (Å²) in [4.78, 5) is 19.7. The maximum Gasteiger partial charge on any atom is 0.237 e. The highest BCUT2D eigenvalue weighted by Gasteiger charge is 2.27. The van der Waals surface area contributed by atoms with Crippen LogP contribution < -0.4 is 16.0 Å². The molecule has 24 heavy (non-hydrogen) atoms. The molecule has 1 aliphatic heterocycles. The molecule has 1 fully saturated rings. The molecule has 3 rings (SSSR count). The lowest BCUT2D eigenvalue weighted by Gasteiger charge is -2.20. The van der Waals surface area contributed by atoms with E-state index in [1.54, 1.807) is 29.7 Å². The topological polar surface area (TPSA) is 95.0 Å². The highest BCUT2D eigenvalue weighted by molar-refractivity contribution is 7.09. The Morgan fingerprint density at radius 2 is 2.42 bits per heavy atom. The Kier molecular flexibility index (Phi) is 5.08. The Morgan fingerprint density at radius 3 is 3.17 bits per heavy atom. The van der Waals surface area contributed by atoms with Crippen LogP contribution in [-0.2, 0) is 11.2 Å². The molecular weight excluding hydrogens is 322 g/mol. The van der Waals surface area contributed by atoms with Crippen LogP contribution in [0.2, 0.25) is 0 Å². The first kappa shape index (κ1) is 16.4. The lowest BCUT2D eigenvalue weighted by molar-refractivity contribution is -0.122. The summed E-state index contributed by atoms with van der Waals surface area (Å²) in [5.74, 6) is 0.552. The quantitative estimate of drug-likeness (QED) is 0.854. The summed E-state index contributed by atoms with van der Waals surface area (Å²) < 4.78 is 0. The highest BCUT2D eigenvalue weighted by Crippen LogP contribution is 2.21. The fourth-order valence-electron chi connectivity index (χ4n) is 2.85. The molecule has 2 aromatic heterocycles. The van der Waals surface area contributed by atoms with Gasteiger partial charge >= 0.3 is 0 Å². The first-order valence-corrected chi connectivity index (χ1v) is 8.73. The zero-order valence-electron chi connectivity index (χ0n) is 13.2. The molecule has 0 spiro atoms. The van der Waals surface area contributed by atoms with E-state index >= 15 is 0 Å². The van der Waals surface area contributed by atoms with Crippen molar-refractivity contribution in [3.05, 3.63) is 46.3 Å². The lowest BCUT2D eigenvalue weighted by atomic mass is 10.1. The molecule has 0 radical (unpaired) electrons. The average Bonchev–Trinajstić information content (AvgIpc) is 3.26. The number of amides is 1. The standard InChI is InChI=1S/C17H19N5OS/c18-10-12-3-1-6-20-16(12)22-7-5-13(11-22)21-17(23)15(19)9-14-4-2-8-24-14/h1-4,6,8,13,15H,5,7,9,11,19H2,(H,21,23)/t13-,15-/m0/s1. The molecule has 3 heterocycles. The third-order valence-corrected chi connectivity index (χ3v) is 4.98. The maximum atomic E-state index is 12.3. The summed E-state index contributed by atoms with van der Waals surface area (Å²) in [6, 6.07) is 9.10. The second-order valence-electron chi connectivity index (χ2n) is 5.82. The molecule has 1 amide bonds. The van der Waals surface area contributed by atoms with Crippen molar-refractivity contribution in [2.24, 2.45) is 5.73 Å². The van der Waals surface area contributed by atoms with Crippen LogP contribution in [0.25, 0.3) is 0 Å². The third-order valence-electron chi connectivity index (χ3n) is 4.08. The number of hydrogen-bond acceptors (Lipinski definition) is 6. The normalized spacial score (nSPS) is 18.2. The Labute approximate surface area is 144 Å². The van der Waals surface area contributed by atoms with Crippen LogP contribution in [0.3, 0.4) is 0 Å². The molecule has 1 saturated heterocycles. The Bertz CT molecular complexity index is 740. The van der Waals surface area contributed by atoms with Crippen LogP contribution in [0, 0.1) is 11.3 Å². The van der Waals surface area contributed by atoms with Crippen molar-refractivity contribution in [3.8, 4) is 6.07 Å². The first-order valence-electron chi connectivity index (χ1n) is 7.86. The van der Waals surface area contributed by atoms with Gasteiger partial charge in [-0.2, -0.15) is 5.26 Å². The average molecular weight is 341 g/mol. The van der Waals surface area contributed by atoms with E-state index in [1.807, 2.05) is 22.4 Å². The molecule has 0 saturated carbocycles. The van der Waals surface area contributed by atoms with Gasteiger partial charge in [0.2, 0.25) is 5.91 Å². The number of thiophene rings is 1. The molecule has 2 atom stereocenters. The summed E-state index contributed by atoms with van der Waals surface area (Å²) in [7, 11) is 0. The molecule has 7 heteroatoms. The van der Waals surface area contributed by atoms with Crippen molar-refractivity contribution >= 4 is 23.1 Å². The molecule has 0 bridgehead atoms. The van der Waals surface area contributed by atoms with Gasteiger partial charge in [-0.05, 0) is 30.0 Å². The van der Waals surface area contributed by atoms with E-state index in [1.165, 1.54) is 0 Å². The fourth-order valence-corrected chi connectivity index (χ4v) is 3.62. The number of pyridine rings is 1. The molecule has 6 nitrogen and oxygen atoms in total. The van der Waals surface area contributed by atoms with Crippen molar-refractivity contribution in [3.63, 3.8) is 0 Å². The predicted molar refractivity (Wildman–Crippen MR) is 93.7 cm³/mol. The predicted octanol–water partition coefficient (Wildman–Crippen LogP) is 1.28. The van der Waals surface area contributed by atoms with Gasteiger partial charge in [0.1, 0.15) is 11.9 Å². The summed E-state index contributed by atoms with van der Waals surface area (Å²) in [6.07, 6.45) is 3.05. The van der Waals surface area contributed by atoms with Gasteiger partial charge in [-0.1, -0.05) is 6.07 Å². The monoisotopic (exact) mass is 341 g/mol. The SMILES string of the molecule is N#Cc1cccnc1N1CC[C@H](NC(=O)[C@@H](N)Cc2cccs2)C1.